The third-order valence-corrected chi connectivity index (χ3v) is 6.30. The number of pyridine rings is 1. The van der Waals surface area contributed by atoms with Crippen molar-refractivity contribution in [1.29, 1.82) is 0 Å². The maximum absolute atomic E-state index is 13.7. The molecule has 4 rings (SSSR count). The number of hydrogen-bond donors (Lipinski definition) is 1. The van der Waals surface area contributed by atoms with E-state index in [9.17, 15) is 14.4 Å². The smallest absolute Gasteiger partial charge is 0.295 e. The van der Waals surface area contributed by atoms with E-state index in [1.165, 1.54) is 9.58 Å². The van der Waals surface area contributed by atoms with Gasteiger partial charge < -0.3 is 0 Å². The summed E-state index contributed by atoms with van der Waals surface area (Å²) < 4.78 is 3.13. The van der Waals surface area contributed by atoms with Gasteiger partial charge in [0.05, 0.1) is 11.3 Å². The minimum absolute atomic E-state index is 0.0949. The Balaban J connectivity index is 1.99. The van der Waals surface area contributed by atoms with Crippen molar-refractivity contribution in [3.63, 3.8) is 0 Å². The summed E-state index contributed by atoms with van der Waals surface area (Å²) in [5.41, 5.74) is 5.55. The summed E-state index contributed by atoms with van der Waals surface area (Å²) in [6.07, 6.45) is 3.60. The number of hydrogen-bond acceptors (Lipinski definition) is 3. The molecule has 7 nitrogen and oxygen atoms in total. The van der Waals surface area contributed by atoms with E-state index in [0.717, 1.165) is 22.3 Å². The van der Waals surface area contributed by atoms with E-state index in [2.05, 4.69) is 5.10 Å². The zero-order valence-electron chi connectivity index (χ0n) is 20.8. The van der Waals surface area contributed by atoms with Gasteiger partial charge in [0.1, 0.15) is 5.57 Å². The Morgan fingerprint density at radius 1 is 0.912 bits per heavy atom. The molecule has 0 bridgehead atoms. The van der Waals surface area contributed by atoms with Crippen LogP contribution in [0.1, 0.15) is 47.4 Å². The molecule has 2 amide bonds. The Hall–Kier alpha value is -3.74. The van der Waals surface area contributed by atoms with Crippen LogP contribution in [0.3, 0.4) is 0 Å². The molecule has 0 unspecified atom stereocenters. The molecule has 0 radical (unpaired) electrons. The summed E-state index contributed by atoms with van der Waals surface area (Å²) in [5, 5.41) is 3.13. The number of carbonyl (C=O) groups excluding carboxylic acids is 2. The van der Waals surface area contributed by atoms with Gasteiger partial charge in [0.2, 0.25) is 0 Å². The third-order valence-electron chi connectivity index (χ3n) is 6.30. The van der Waals surface area contributed by atoms with Crippen molar-refractivity contribution in [2.24, 2.45) is 5.92 Å². The molecule has 0 fully saturated rings. The Kier molecular flexibility index (Phi) is 5.89. The van der Waals surface area contributed by atoms with Crippen LogP contribution in [0.5, 0.6) is 0 Å². The van der Waals surface area contributed by atoms with Crippen LogP contribution in [0.2, 0.25) is 0 Å². The van der Waals surface area contributed by atoms with Crippen LogP contribution in [-0.4, -0.2) is 33.0 Å². The molecule has 3 aromatic rings. The second-order valence-electron chi connectivity index (χ2n) is 9.60. The molecular formula is C27H31N4O3+. The Labute approximate surface area is 199 Å². The van der Waals surface area contributed by atoms with Crippen LogP contribution in [0.25, 0.3) is 17.0 Å². The third kappa shape index (κ3) is 3.81. The topological polar surface area (TPSA) is 79.1 Å². The Morgan fingerprint density at radius 2 is 1.62 bits per heavy atom. The van der Waals surface area contributed by atoms with Gasteiger partial charge in [-0.15, -0.1) is 0 Å². The Bertz CT molecular complexity index is 1420. The molecule has 176 valence electrons. The van der Waals surface area contributed by atoms with Crippen molar-refractivity contribution in [2.45, 2.75) is 48.5 Å². The SMILES string of the molecule is Cc1ccc(-n2[nH]c(C)c(C3=C([n+]4ccc(C)c(C)c4)C(=O)N(CC(C)C)C3=O)c2=O)c(C)c1. The number of nitrogens with zero attached hydrogens (tertiary/aromatic N) is 3. The van der Waals surface area contributed by atoms with Crippen molar-refractivity contribution < 1.29 is 14.2 Å². The van der Waals surface area contributed by atoms with Gasteiger partial charge in [0.15, 0.2) is 12.4 Å². The number of aromatic nitrogens is 3. The largest absolute Gasteiger partial charge is 0.326 e. The summed E-state index contributed by atoms with van der Waals surface area (Å²) in [6.45, 7) is 13.8. The number of amides is 2. The highest BCUT2D eigenvalue weighted by atomic mass is 16.2. The fourth-order valence-corrected chi connectivity index (χ4v) is 4.44. The minimum Gasteiger partial charge on any atom is -0.295 e. The van der Waals surface area contributed by atoms with Crippen LogP contribution in [0.4, 0.5) is 0 Å². The summed E-state index contributed by atoms with van der Waals surface area (Å²) in [4.78, 5) is 42.1. The van der Waals surface area contributed by atoms with Gasteiger partial charge in [0, 0.05) is 23.9 Å². The van der Waals surface area contributed by atoms with Crippen LogP contribution in [0.15, 0.2) is 41.5 Å². The lowest BCUT2D eigenvalue weighted by atomic mass is 10.0. The first kappa shape index (κ1) is 23.4. The molecule has 1 aromatic carbocycles. The second-order valence-corrected chi connectivity index (χ2v) is 9.60. The van der Waals surface area contributed by atoms with Crippen molar-refractivity contribution in [3.8, 4) is 5.69 Å². The van der Waals surface area contributed by atoms with E-state index in [1.807, 2.05) is 72.0 Å². The highest BCUT2D eigenvalue weighted by Crippen LogP contribution is 2.30. The van der Waals surface area contributed by atoms with Gasteiger partial charge in [0.25, 0.3) is 17.2 Å². The maximum Gasteiger partial charge on any atom is 0.326 e. The van der Waals surface area contributed by atoms with E-state index < -0.39 is 5.91 Å². The van der Waals surface area contributed by atoms with Crippen molar-refractivity contribution in [1.82, 2.24) is 14.7 Å². The molecule has 7 heteroatoms. The maximum atomic E-state index is 13.7. The van der Waals surface area contributed by atoms with E-state index in [-0.39, 0.29) is 40.8 Å². The fourth-order valence-electron chi connectivity index (χ4n) is 4.44. The monoisotopic (exact) mass is 459 g/mol. The van der Waals surface area contributed by atoms with Crippen molar-refractivity contribution >= 4 is 23.1 Å². The quantitative estimate of drug-likeness (QED) is 0.469. The number of rotatable bonds is 5. The van der Waals surface area contributed by atoms with Gasteiger partial charge in [-0.1, -0.05) is 31.5 Å². The lowest BCUT2D eigenvalue weighted by molar-refractivity contribution is -0.577. The lowest BCUT2D eigenvalue weighted by Gasteiger charge is -2.16. The zero-order chi connectivity index (χ0) is 24.9. The lowest BCUT2D eigenvalue weighted by Crippen LogP contribution is -2.41. The van der Waals surface area contributed by atoms with Gasteiger partial charge in [-0.2, -0.15) is 4.57 Å². The zero-order valence-corrected chi connectivity index (χ0v) is 20.8. The number of H-pyrrole nitrogens is 1. The molecule has 1 aliphatic heterocycles. The predicted octanol–water partition coefficient (Wildman–Crippen LogP) is 3.39. The summed E-state index contributed by atoms with van der Waals surface area (Å²) in [5.74, 6) is -0.733. The van der Waals surface area contributed by atoms with E-state index in [1.54, 1.807) is 17.7 Å². The van der Waals surface area contributed by atoms with Crippen LogP contribution >= 0.6 is 0 Å². The Morgan fingerprint density at radius 3 is 2.24 bits per heavy atom. The van der Waals surface area contributed by atoms with E-state index >= 15 is 0 Å². The van der Waals surface area contributed by atoms with Crippen molar-refractivity contribution in [3.05, 3.63) is 80.5 Å². The summed E-state index contributed by atoms with van der Waals surface area (Å²) in [6, 6.07) is 7.73. The number of aryl methyl sites for hydroxylation is 5. The standard InChI is InChI=1S/C27H30N4O3/c1-15(2)13-30-25(32)23(24(27(30)34)29-11-10-17(4)19(6)14-29)22-20(7)28-31(26(22)33)21-9-8-16(3)12-18(21)5/h8-12,14-15H,13H2,1-7H3/p+1. The molecule has 0 atom stereocenters. The minimum atomic E-state index is -0.439. The first-order chi connectivity index (χ1) is 16.0. The van der Waals surface area contributed by atoms with Crippen molar-refractivity contribution in [2.75, 3.05) is 6.54 Å². The predicted molar refractivity (Wildman–Crippen MR) is 131 cm³/mol. The molecule has 0 saturated carbocycles. The number of nitrogens with one attached hydrogen (secondary N) is 1. The fraction of sp³-hybridized carbons (Fsp3) is 0.333. The van der Waals surface area contributed by atoms with Crippen LogP contribution < -0.4 is 10.1 Å². The molecule has 0 saturated heterocycles. The van der Waals surface area contributed by atoms with E-state index in [0.29, 0.717) is 11.4 Å². The average molecular weight is 460 g/mol. The molecule has 1 N–H and O–H groups in total. The number of benzene rings is 1. The second kappa shape index (κ2) is 8.56. The van der Waals surface area contributed by atoms with Gasteiger partial charge in [-0.25, -0.2) is 4.68 Å². The van der Waals surface area contributed by atoms with Crippen LogP contribution in [-0.2, 0) is 9.59 Å². The first-order valence-corrected chi connectivity index (χ1v) is 11.5. The number of carbonyl (C=O) groups is 2. The molecule has 34 heavy (non-hydrogen) atoms. The first-order valence-electron chi connectivity index (χ1n) is 11.5. The number of imide groups is 1. The van der Waals surface area contributed by atoms with Gasteiger partial charge in [-0.05, 0) is 57.7 Å². The molecule has 2 aromatic heterocycles. The average Bonchev–Trinajstić information content (AvgIpc) is 3.17. The van der Waals surface area contributed by atoms with Gasteiger partial charge >= 0.3 is 5.91 Å². The molecule has 3 heterocycles. The number of aromatic amines is 1. The van der Waals surface area contributed by atoms with Gasteiger partial charge in [-0.3, -0.25) is 24.4 Å². The highest BCUT2D eigenvalue weighted by Gasteiger charge is 2.47. The molecule has 0 aliphatic carbocycles. The molecular weight excluding hydrogens is 428 g/mol. The molecule has 0 spiro atoms. The van der Waals surface area contributed by atoms with E-state index in [4.69, 9.17) is 0 Å². The molecule has 1 aliphatic rings. The highest BCUT2D eigenvalue weighted by molar-refractivity contribution is 6.44. The van der Waals surface area contributed by atoms with Crippen LogP contribution in [0, 0.1) is 40.5 Å². The summed E-state index contributed by atoms with van der Waals surface area (Å²) >= 11 is 0. The normalized spacial score (nSPS) is 14.2. The summed E-state index contributed by atoms with van der Waals surface area (Å²) in [7, 11) is 0.